The van der Waals surface area contributed by atoms with Gasteiger partial charge in [0.15, 0.2) is 0 Å². The Kier molecular flexibility index (Phi) is 7.74. The molecule has 208 valence electrons. The fraction of sp³-hybridized carbons (Fsp3) is 0.364. The van der Waals surface area contributed by atoms with Gasteiger partial charge in [0.2, 0.25) is 5.91 Å². The van der Waals surface area contributed by atoms with Gasteiger partial charge in [-0.3, -0.25) is 14.4 Å². The number of amides is 2. The highest BCUT2D eigenvalue weighted by atomic mass is 35.5. The SMILES string of the molecule is C[C@H]1C[C@H](C(=O)N(c2ccc(Cl)cc2)C2CC2)c2ccccc2N1C(=O)c1ccc(CCC(C)(C)C(=O)O)cc1. The lowest BCUT2D eigenvalue weighted by Crippen LogP contribution is -2.47. The van der Waals surface area contributed by atoms with Crippen molar-refractivity contribution in [2.75, 3.05) is 9.80 Å². The van der Waals surface area contributed by atoms with E-state index in [0.717, 1.165) is 35.3 Å². The van der Waals surface area contributed by atoms with Gasteiger partial charge >= 0.3 is 5.97 Å². The van der Waals surface area contributed by atoms with E-state index in [1.807, 2.05) is 89.5 Å². The van der Waals surface area contributed by atoms with E-state index < -0.39 is 11.4 Å². The summed E-state index contributed by atoms with van der Waals surface area (Å²) in [6.45, 7) is 5.44. The van der Waals surface area contributed by atoms with Gasteiger partial charge in [-0.2, -0.15) is 0 Å². The van der Waals surface area contributed by atoms with E-state index in [-0.39, 0.29) is 29.8 Å². The van der Waals surface area contributed by atoms with E-state index in [1.165, 1.54) is 0 Å². The molecule has 7 heteroatoms. The highest BCUT2D eigenvalue weighted by molar-refractivity contribution is 6.30. The Labute approximate surface area is 240 Å². The van der Waals surface area contributed by atoms with Crippen molar-refractivity contribution in [2.24, 2.45) is 5.41 Å². The average molecular weight is 559 g/mol. The molecule has 3 aromatic carbocycles. The van der Waals surface area contributed by atoms with Crippen LogP contribution < -0.4 is 9.80 Å². The van der Waals surface area contributed by atoms with Crippen molar-refractivity contribution >= 4 is 40.8 Å². The number of hydrogen-bond acceptors (Lipinski definition) is 3. The Balaban J connectivity index is 1.38. The summed E-state index contributed by atoms with van der Waals surface area (Å²) in [7, 11) is 0. The molecule has 0 spiro atoms. The average Bonchev–Trinajstić information content (AvgIpc) is 3.78. The van der Waals surface area contributed by atoms with Crippen LogP contribution in [0.1, 0.15) is 73.9 Å². The lowest BCUT2D eigenvalue weighted by Gasteiger charge is -2.40. The van der Waals surface area contributed by atoms with Gasteiger partial charge in [0.1, 0.15) is 0 Å². The molecule has 1 aliphatic carbocycles. The monoisotopic (exact) mass is 558 g/mol. The van der Waals surface area contributed by atoms with Gasteiger partial charge in [-0.15, -0.1) is 0 Å². The zero-order valence-electron chi connectivity index (χ0n) is 23.1. The van der Waals surface area contributed by atoms with Crippen LogP contribution in [0.5, 0.6) is 0 Å². The number of hydrogen-bond donors (Lipinski definition) is 1. The molecule has 2 aliphatic rings. The number of carboxylic acid groups (broad SMARTS) is 1. The molecule has 1 N–H and O–H groups in total. The zero-order valence-corrected chi connectivity index (χ0v) is 23.9. The van der Waals surface area contributed by atoms with Crippen molar-refractivity contribution in [1.82, 2.24) is 0 Å². The molecular weight excluding hydrogens is 524 g/mol. The molecule has 40 heavy (non-hydrogen) atoms. The van der Waals surface area contributed by atoms with Crippen LogP contribution in [0.3, 0.4) is 0 Å². The van der Waals surface area contributed by atoms with Crippen molar-refractivity contribution in [2.45, 2.75) is 70.9 Å². The molecular formula is C33H35ClN2O4. The smallest absolute Gasteiger partial charge is 0.309 e. The van der Waals surface area contributed by atoms with Crippen molar-refractivity contribution < 1.29 is 19.5 Å². The van der Waals surface area contributed by atoms with E-state index in [2.05, 4.69) is 0 Å². The summed E-state index contributed by atoms with van der Waals surface area (Å²) in [4.78, 5) is 43.1. The van der Waals surface area contributed by atoms with Gasteiger partial charge in [0.05, 0.1) is 11.3 Å². The van der Waals surface area contributed by atoms with Gasteiger partial charge in [-0.1, -0.05) is 41.9 Å². The molecule has 1 aliphatic heterocycles. The fourth-order valence-corrected chi connectivity index (χ4v) is 5.62. The maximum atomic E-state index is 14.1. The highest BCUT2D eigenvalue weighted by Gasteiger charge is 2.42. The first-order valence-electron chi connectivity index (χ1n) is 13.9. The van der Waals surface area contributed by atoms with Crippen LogP contribution in [0.2, 0.25) is 5.02 Å². The Morgan fingerprint density at radius 3 is 2.25 bits per heavy atom. The molecule has 1 heterocycles. The molecule has 1 saturated carbocycles. The van der Waals surface area contributed by atoms with Crippen LogP contribution in [0.4, 0.5) is 11.4 Å². The standard InChI is InChI=1S/C33H35ClN2O4/c1-21-20-28(31(38)36(26-16-17-26)25-14-12-24(34)13-15-25)27-6-4-5-7-29(27)35(21)30(37)23-10-8-22(9-11-23)18-19-33(2,3)32(39)40/h4-15,21,26,28H,16-20H2,1-3H3,(H,39,40)/t21-,28-/m0/s1. The van der Waals surface area contributed by atoms with Gasteiger partial charge in [-0.25, -0.2) is 0 Å². The fourth-order valence-electron chi connectivity index (χ4n) is 5.49. The predicted octanol–water partition coefficient (Wildman–Crippen LogP) is 7.10. The van der Waals surface area contributed by atoms with Crippen molar-refractivity contribution in [3.05, 3.63) is 94.5 Å². The van der Waals surface area contributed by atoms with E-state index in [0.29, 0.717) is 29.8 Å². The van der Waals surface area contributed by atoms with Crippen LogP contribution in [0.15, 0.2) is 72.8 Å². The van der Waals surface area contributed by atoms with Crippen LogP contribution >= 0.6 is 11.6 Å². The molecule has 0 unspecified atom stereocenters. The third-order valence-electron chi connectivity index (χ3n) is 8.18. The molecule has 0 bridgehead atoms. The minimum Gasteiger partial charge on any atom is -0.481 e. The molecule has 6 nitrogen and oxygen atoms in total. The second-order valence-electron chi connectivity index (χ2n) is 11.7. The first-order chi connectivity index (χ1) is 19.1. The highest BCUT2D eigenvalue weighted by Crippen LogP contribution is 2.43. The van der Waals surface area contributed by atoms with Gasteiger partial charge in [-0.05, 0) is 106 Å². The summed E-state index contributed by atoms with van der Waals surface area (Å²) in [5.41, 5.74) is 3.24. The summed E-state index contributed by atoms with van der Waals surface area (Å²) in [6.07, 6.45) is 3.61. The van der Waals surface area contributed by atoms with E-state index >= 15 is 0 Å². The molecule has 0 radical (unpaired) electrons. The molecule has 1 fully saturated rings. The third-order valence-corrected chi connectivity index (χ3v) is 8.43. The third kappa shape index (κ3) is 5.64. The lowest BCUT2D eigenvalue weighted by molar-refractivity contribution is -0.147. The molecule has 3 aromatic rings. The van der Waals surface area contributed by atoms with Crippen LogP contribution in [-0.2, 0) is 16.0 Å². The second-order valence-corrected chi connectivity index (χ2v) is 12.1. The van der Waals surface area contributed by atoms with Crippen molar-refractivity contribution in [1.29, 1.82) is 0 Å². The Morgan fingerprint density at radius 1 is 0.975 bits per heavy atom. The number of rotatable bonds is 8. The largest absolute Gasteiger partial charge is 0.481 e. The number of aryl methyl sites for hydroxylation is 1. The number of carbonyl (C=O) groups is 3. The number of carbonyl (C=O) groups excluding carboxylic acids is 2. The number of anilines is 2. The minimum absolute atomic E-state index is 0.0601. The normalized spacial score (nSPS) is 18.6. The lowest BCUT2D eigenvalue weighted by atomic mass is 9.84. The van der Waals surface area contributed by atoms with Crippen molar-refractivity contribution in [3.8, 4) is 0 Å². The maximum Gasteiger partial charge on any atom is 0.309 e. The predicted molar refractivity (Wildman–Crippen MR) is 158 cm³/mol. The van der Waals surface area contributed by atoms with Gasteiger partial charge < -0.3 is 14.9 Å². The number of aliphatic carboxylic acids is 1. The Bertz CT molecular complexity index is 1410. The van der Waals surface area contributed by atoms with E-state index in [1.54, 1.807) is 13.8 Å². The molecule has 0 aromatic heterocycles. The quantitative estimate of drug-likeness (QED) is 0.320. The molecule has 2 amide bonds. The van der Waals surface area contributed by atoms with Crippen LogP contribution in [0, 0.1) is 5.41 Å². The molecule has 5 rings (SSSR count). The van der Waals surface area contributed by atoms with Gasteiger partial charge in [0.25, 0.3) is 5.91 Å². The van der Waals surface area contributed by atoms with Crippen LogP contribution in [-0.4, -0.2) is 35.0 Å². The first kappa shape index (κ1) is 27.9. The molecule has 2 atom stereocenters. The Morgan fingerprint density at radius 2 is 1.62 bits per heavy atom. The van der Waals surface area contributed by atoms with Gasteiger partial charge in [0, 0.05) is 34.0 Å². The first-order valence-corrected chi connectivity index (χ1v) is 14.3. The summed E-state index contributed by atoms with van der Waals surface area (Å²) < 4.78 is 0. The summed E-state index contributed by atoms with van der Waals surface area (Å²) in [5.74, 6) is -1.22. The minimum atomic E-state index is -0.817. The van der Waals surface area contributed by atoms with E-state index in [4.69, 9.17) is 11.6 Å². The number of fused-ring (bicyclic) bond motifs is 1. The topological polar surface area (TPSA) is 77.9 Å². The number of carboxylic acids is 1. The number of para-hydroxylation sites is 1. The Hall–Kier alpha value is -3.64. The number of benzene rings is 3. The van der Waals surface area contributed by atoms with E-state index in [9.17, 15) is 19.5 Å². The number of halogens is 1. The number of nitrogens with zero attached hydrogens (tertiary/aromatic N) is 2. The maximum absolute atomic E-state index is 14.1. The molecule has 0 saturated heterocycles. The zero-order chi connectivity index (χ0) is 28.6. The van der Waals surface area contributed by atoms with Crippen molar-refractivity contribution in [3.63, 3.8) is 0 Å². The summed E-state index contributed by atoms with van der Waals surface area (Å²) >= 11 is 6.11. The second kappa shape index (κ2) is 11.1. The summed E-state index contributed by atoms with van der Waals surface area (Å²) in [6, 6.07) is 22.6. The van der Waals surface area contributed by atoms with Crippen LogP contribution in [0.25, 0.3) is 0 Å². The summed E-state index contributed by atoms with van der Waals surface area (Å²) in [5, 5.41) is 10.0.